The summed E-state index contributed by atoms with van der Waals surface area (Å²) < 4.78 is 33.4. The zero-order valence-corrected chi connectivity index (χ0v) is 11.0. The van der Waals surface area contributed by atoms with Gasteiger partial charge in [0.1, 0.15) is 17.6 Å². The number of hydrogen-bond acceptors (Lipinski definition) is 5. The number of amides is 1. The van der Waals surface area contributed by atoms with E-state index in [0.717, 1.165) is 0 Å². The highest BCUT2D eigenvalue weighted by Crippen LogP contribution is 2.28. The molecule has 1 amide bonds. The molecule has 2 heterocycles. The van der Waals surface area contributed by atoms with Gasteiger partial charge in [0, 0.05) is 0 Å². The van der Waals surface area contributed by atoms with Crippen molar-refractivity contribution in [1.29, 1.82) is 0 Å². The first-order chi connectivity index (χ1) is 7.68. The Morgan fingerprint density at radius 1 is 1.41 bits per heavy atom. The van der Waals surface area contributed by atoms with Crippen molar-refractivity contribution in [3.63, 3.8) is 0 Å². The smallest absolute Gasteiger partial charge is 0.411 e. The van der Waals surface area contributed by atoms with Gasteiger partial charge in [0.2, 0.25) is 0 Å². The minimum atomic E-state index is -3.21. The van der Waals surface area contributed by atoms with Gasteiger partial charge in [0.25, 0.3) is 0 Å². The quantitative estimate of drug-likeness (QED) is 0.639. The van der Waals surface area contributed by atoms with Gasteiger partial charge in [0.05, 0.1) is 18.4 Å². The van der Waals surface area contributed by atoms with Crippen molar-refractivity contribution in [2.24, 2.45) is 0 Å². The number of epoxide rings is 1. The van der Waals surface area contributed by atoms with Crippen LogP contribution in [0.3, 0.4) is 0 Å². The van der Waals surface area contributed by atoms with Crippen LogP contribution in [0.25, 0.3) is 0 Å². The topological polar surface area (TPSA) is 76.2 Å². The maximum atomic E-state index is 11.9. The van der Waals surface area contributed by atoms with E-state index >= 15 is 0 Å². The van der Waals surface area contributed by atoms with E-state index in [1.807, 2.05) is 0 Å². The van der Waals surface area contributed by atoms with Crippen LogP contribution in [0.2, 0.25) is 0 Å². The average Bonchev–Trinajstić information content (AvgIpc) is 2.87. The average molecular weight is 263 g/mol. The van der Waals surface area contributed by atoms with E-state index < -0.39 is 27.6 Å². The summed E-state index contributed by atoms with van der Waals surface area (Å²) in [6.07, 6.45) is -0.737. The molecule has 2 aliphatic heterocycles. The van der Waals surface area contributed by atoms with Gasteiger partial charge in [0.15, 0.2) is 9.84 Å². The van der Waals surface area contributed by atoms with Crippen molar-refractivity contribution in [3.05, 3.63) is 0 Å². The third kappa shape index (κ3) is 3.10. The van der Waals surface area contributed by atoms with Gasteiger partial charge in [-0.3, -0.25) is 4.90 Å². The highest BCUT2D eigenvalue weighted by Gasteiger charge is 2.48. The van der Waals surface area contributed by atoms with Gasteiger partial charge in [-0.25, -0.2) is 13.2 Å². The molecule has 2 rings (SSSR count). The third-order valence-electron chi connectivity index (χ3n) is 2.58. The summed E-state index contributed by atoms with van der Waals surface area (Å²) in [6.45, 7) is 5.76. The van der Waals surface area contributed by atoms with Crippen molar-refractivity contribution >= 4 is 15.9 Å². The number of rotatable bonds is 1. The molecule has 0 aromatic heterocycles. The van der Waals surface area contributed by atoms with Crippen LogP contribution in [-0.4, -0.2) is 55.4 Å². The summed E-state index contributed by atoms with van der Waals surface area (Å²) in [5.41, 5.74) is -0.627. The molecule has 0 N–H and O–H groups in total. The van der Waals surface area contributed by atoms with Gasteiger partial charge in [-0.2, -0.15) is 0 Å². The molecule has 0 bridgehead atoms. The molecule has 2 fully saturated rings. The Kier molecular flexibility index (Phi) is 2.86. The number of carbonyl (C=O) groups excluding carboxylic acids is 1. The first kappa shape index (κ1) is 12.6. The predicted molar refractivity (Wildman–Crippen MR) is 60.3 cm³/mol. The lowest BCUT2D eigenvalue weighted by atomic mass is 10.2. The first-order valence-electron chi connectivity index (χ1n) is 5.50. The molecule has 98 valence electrons. The van der Waals surface area contributed by atoms with Crippen molar-refractivity contribution in [3.8, 4) is 0 Å². The molecular weight excluding hydrogens is 246 g/mol. The largest absolute Gasteiger partial charge is 0.444 e. The predicted octanol–water partition coefficient (Wildman–Crippen LogP) is 0.377. The fraction of sp³-hybridized carbons (Fsp3) is 0.900. The van der Waals surface area contributed by atoms with E-state index in [9.17, 15) is 13.2 Å². The molecule has 6 nitrogen and oxygen atoms in total. The van der Waals surface area contributed by atoms with E-state index in [2.05, 4.69) is 0 Å². The van der Waals surface area contributed by atoms with E-state index in [4.69, 9.17) is 9.47 Å². The zero-order chi connectivity index (χ0) is 12.8. The van der Waals surface area contributed by atoms with Crippen molar-refractivity contribution in [1.82, 2.24) is 4.90 Å². The number of hydrogen-bond donors (Lipinski definition) is 0. The maximum Gasteiger partial charge on any atom is 0.411 e. The molecule has 0 saturated carbocycles. The molecule has 0 aliphatic carbocycles. The van der Waals surface area contributed by atoms with Crippen LogP contribution in [0.5, 0.6) is 0 Å². The van der Waals surface area contributed by atoms with Crippen molar-refractivity contribution in [2.75, 3.05) is 18.2 Å². The molecule has 2 atom stereocenters. The second-order valence-corrected chi connectivity index (χ2v) is 7.51. The second kappa shape index (κ2) is 3.84. The third-order valence-corrected chi connectivity index (χ3v) is 4.10. The molecule has 0 aromatic rings. The van der Waals surface area contributed by atoms with E-state index in [-0.39, 0.29) is 17.7 Å². The lowest BCUT2D eigenvalue weighted by Crippen LogP contribution is -2.43. The summed E-state index contributed by atoms with van der Waals surface area (Å²) >= 11 is 0. The SMILES string of the molecule is CC(C)(C)OC(=O)N1CS(=O)(=O)CC1C1CO1. The van der Waals surface area contributed by atoms with Crippen LogP contribution in [0, 0.1) is 0 Å². The van der Waals surface area contributed by atoms with Gasteiger partial charge < -0.3 is 9.47 Å². The van der Waals surface area contributed by atoms with Crippen LogP contribution >= 0.6 is 0 Å². The molecule has 7 heteroatoms. The lowest BCUT2D eigenvalue weighted by Gasteiger charge is -2.26. The molecule has 2 aliphatic rings. The first-order valence-corrected chi connectivity index (χ1v) is 7.32. The Hall–Kier alpha value is -0.820. The molecule has 17 heavy (non-hydrogen) atoms. The molecule has 0 aromatic carbocycles. The Labute approximate surface area is 101 Å². The number of nitrogens with zero attached hydrogens (tertiary/aromatic N) is 1. The summed E-state index contributed by atoms with van der Waals surface area (Å²) in [5, 5.41) is 0. The van der Waals surface area contributed by atoms with Crippen LogP contribution < -0.4 is 0 Å². The Balaban J connectivity index is 2.10. The molecule has 2 unspecified atom stereocenters. The van der Waals surface area contributed by atoms with E-state index in [1.165, 1.54) is 4.90 Å². The highest BCUT2D eigenvalue weighted by atomic mass is 32.2. The van der Waals surface area contributed by atoms with E-state index in [1.54, 1.807) is 20.8 Å². The fourth-order valence-electron chi connectivity index (χ4n) is 1.80. The van der Waals surface area contributed by atoms with Gasteiger partial charge in [-0.05, 0) is 20.8 Å². The molecule has 0 radical (unpaired) electrons. The lowest BCUT2D eigenvalue weighted by molar-refractivity contribution is 0.0217. The standard InChI is InChI=1S/C10H17NO5S/c1-10(2,3)16-9(12)11-6-17(13,14)5-7(11)8-4-15-8/h7-8H,4-6H2,1-3H3. The summed E-state index contributed by atoms with van der Waals surface area (Å²) in [4.78, 5) is 13.1. The minimum Gasteiger partial charge on any atom is -0.444 e. The number of ether oxygens (including phenoxy) is 2. The minimum absolute atomic E-state index is 0.0308. The summed E-state index contributed by atoms with van der Waals surface area (Å²) in [7, 11) is -3.21. The van der Waals surface area contributed by atoms with Gasteiger partial charge in [-0.1, -0.05) is 0 Å². The normalized spacial score (nSPS) is 31.4. The highest BCUT2D eigenvalue weighted by molar-refractivity contribution is 7.91. The summed E-state index contributed by atoms with van der Waals surface area (Å²) in [5.74, 6) is -0.302. The second-order valence-electron chi connectivity index (χ2n) is 5.43. The fourth-order valence-corrected chi connectivity index (χ4v) is 3.55. The zero-order valence-electron chi connectivity index (χ0n) is 10.2. The summed E-state index contributed by atoms with van der Waals surface area (Å²) in [6, 6.07) is -0.394. The monoisotopic (exact) mass is 263 g/mol. The van der Waals surface area contributed by atoms with Crippen LogP contribution in [0.15, 0.2) is 0 Å². The number of carbonyl (C=O) groups is 1. The van der Waals surface area contributed by atoms with Crippen molar-refractivity contribution in [2.45, 2.75) is 38.5 Å². The molecule has 2 saturated heterocycles. The van der Waals surface area contributed by atoms with E-state index in [0.29, 0.717) is 6.61 Å². The Morgan fingerprint density at radius 3 is 2.47 bits per heavy atom. The Morgan fingerprint density at radius 2 is 2.00 bits per heavy atom. The van der Waals surface area contributed by atoms with Crippen LogP contribution in [-0.2, 0) is 19.3 Å². The van der Waals surface area contributed by atoms with Crippen LogP contribution in [0.1, 0.15) is 20.8 Å². The number of sulfone groups is 1. The van der Waals surface area contributed by atoms with Gasteiger partial charge in [-0.15, -0.1) is 0 Å². The molecular formula is C10H17NO5S. The van der Waals surface area contributed by atoms with Crippen molar-refractivity contribution < 1.29 is 22.7 Å². The Bertz CT molecular complexity index is 420. The van der Waals surface area contributed by atoms with Crippen LogP contribution in [0.4, 0.5) is 4.79 Å². The molecule has 0 spiro atoms. The maximum absolute atomic E-state index is 11.9. The van der Waals surface area contributed by atoms with Gasteiger partial charge >= 0.3 is 6.09 Å².